The van der Waals surface area contributed by atoms with Gasteiger partial charge in [0.1, 0.15) is 12.4 Å². The fourth-order valence-corrected chi connectivity index (χ4v) is 3.75. The molecule has 1 N–H and O–H groups in total. The Morgan fingerprint density at radius 3 is 2.06 bits per heavy atom. The number of carbonyl (C=O) groups is 3. The van der Waals surface area contributed by atoms with Crippen LogP contribution < -0.4 is 11.0 Å². The van der Waals surface area contributed by atoms with E-state index < -0.39 is 35.6 Å². The van der Waals surface area contributed by atoms with Crippen LogP contribution in [0.25, 0.3) is 22.3 Å². The summed E-state index contributed by atoms with van der Waals surface area (Å²) in [6.45, 7) is -0.623. The third-order valence-electron chi connectivity index (χ3n) is 5.31. The molecule has 0 unspecified atom stereocenters. The summed E-state index contributed by atoms with van der Waals surface area (Å²) in [5.41, 5.74) is 2.48. The minimum absolute atomic E-state index is 0.00128. The summed E-state index contributed by atoms with van der Waals surface area (Å²) >= 11 is 0. The SMILES string of the molecule is O=C(CN1C(=O)c2ccccc2C1=O)Nn1c(-c2ccccc2F)nc2ccccc2c1=O. The molecule has 0 saturated carbocycles. The van der Waals surface area contributed by atoms with E-state index in [0.717, 1.165) is 9.58 Å². The Morgan fingerprint density at radius 1 is 0.818 bits per heavy atom. The molecule has 3 amide bonds. The molecule has 0 bridgehead atoms. The van der Waals surface area contributed by atoms with E-state index in [1.165, 1.54) is 36.4 Å². The maximum atomic E-state index is 14.5. The number of imide groups is 1. The summed E-state index contributed by atoms with van der Waals surface area (Å²) < 4.78 is 15.4. The van der Waals surface area contributed by atoms with Crippen LogP contribution in [-0.4, -0.2) is 38.8 Å². The van der Waals surface area contributed by atoms with E-state index >= 15 is 0 Å². The minimum atomic E-state index is -0.818. The topological polar surface area (TPSA) is 101 Å². The Bertz CT molecular complexity index is 1490. The van der Waals surface area contributed by atoms with Crippen molar-refractivity contribution in [3.8, 4) is 11.4 Å². The number of amides is 3. The summed E-state index contributed by atoms with van der Waals surface area (Å²) in [6, 6.07) is 18.4. The first-order valence-corrected chi connectivity index (χ1v) is 9.97. The van der Waals surface area contributed by atoms with Gasteiger partial charge in [0, 0.05) is 0 Å². The van der Waals surface area contributed by atoms with Crippen LogP contribution in [0.2, 0.25) is 0 Å². The first-order chi connectivity index (χ1) is 16.0. The third kappa shape index (κ3) is 3.35. The summed E-state index contributed by atoms with van der Waals surface area (Å²) in [5, 5.41) is 0.207. The van der Waals surface area contributed by atoms with E-state index in [1.54, 1.807) is 36.4 Å². The molecule has 4 aromatic rings. The normalized spacial score (nSPS) is 12.8. The molecule has 0 saturated heterocycles. The van der Waals surface area contributed by atoms with Crippen LogP contribution in [0.15, 0.2) is 77.6 Å². The fraction of sp³-hybridized carbons (Fsp3) is 0.0417. The molecule has 162 valence electrons. The number of benzene rings is 3. The van der Waals surface area contributed by atoms with Crippen molar-refractivity contribution >= 4 is 28.6 Å². The number of rotatable bonds is 4. The predicted octanol–water partition coefficient (Wildman–Crippen LogP) is 2.57. The molecule has 9 heteroatoms. The summed E-state index contributed by atoms with van der Waals surface area (Å²) in [4.78, 5) is 56.3. The molecular weight excluding hydrogens is 427 g/mol. The van der Waals surface area contributed by atoms with Crippen LogP contribution in [-0.2, 0) is 4.79 Å². The average Bonchev–Trinajstić information content (AvgIpc) is 3.06. The van der Waals surface area contributed by atoms with Crippen LogP contribution >= 0.6 is 0 Å². The Morgan fingerprint density at radius 2 is 1.39 bits per heavy atom. The molecule has 2 heterocycles. The van der Waals surface area contributed by atoms with Gasteiger partial charge in [0.05, 0.1) is 27.6 Å². The quantitative estimate of drug-likeness (QED) is 0.490. The zero-order chi connectivity index (χ0) is 23.1. The number of para-hydroxylation sites is 1. The van der Waals surface area contributed by atoms with Crippen molar-refractivity contribution in [3.05, 3.63) is 100 Å². The van der Waals surface area contributed by atoms with Gasteiger partial charge in [0.25, 0.3) is 23.3 Å². The molecule has 0 atom stereocenters. The lowest BCUT2D eigenvalue weighted by atomic mass is 10.1. The van der Waals surface area contributed by atoms with Crippen molar-refractivity contribution in [1.29, 1.82) is 0 Å². The Balaban J connectivity index is 1.53. The van der Waals surface area contributed by atoms with Crippen molar-refractivity contribution < 1.29 is 18.8 Å². The zero-order valence-corrected chi connectivity index (χ0v) is 17.0. The second-order valence-electron chi connectivity index (χ2n) is 7.35. The largest absolute Gasteiger partial charge is 0.280 e. The van der Waals surface area contributed by atoms with Gasteiger partial charge in [-0.15, -0.1) is 0 Å². The molecule has 0 fully saturated rings. The molecule has 1 aromatic heterocycles. The van der Waals surface area contributed by atoms with Gasteiger partial charge in [0.2, 0.25) is 0 Å². The number of nitrogens with one attached hydrogen (secondary N) is 1. The van der Waals surface area contributed by atoms with Gasteiger partial charge in [-0.1, -0.05) is 36.4 Å². The standard InChI is InChI=1S/C24H15FN4O4/c25-18-11-5-3-9-16(18)21-26-19-12-6-4-10-17(19)24(33)29(21)27-20(30)13-28-22(31)14-7-1-2-8-15(14)23(28)32/h1-12H,13H2,(H,27,30). The van der Waals surface area contributed by atoms with Gasteiger partial charge in [-0.25, -0.2) is 9.37 Å². The van der Waals surface area contributed by atoms with E-state index in [1.807, 2.05) is 0 Å². The van der Waals surface area contributed by atoms with Gasteiger partial charge in [-0.3, -0.25) is 29.5 Å². The lowest BCUT2D eigenvalue weighted by Crippen LogP contribution is -2.42. The highest BCUT2D eigenvalue weighted by atomic mass is 19.1. The van der Waals surface area contributed by atoms with E-state index in [-0.39, 0.29) is 27.9 Å². The van der Waals surface area contributed by atoms with Gasteiger partial charge < -0.3 is 0 Å². The maximum absolute atomic E-state index is 14.5. The lowest BCUT2D eigenvalue weighted by Gasteiger charge is -2.17. The second-order valence-corrected chi connectivity index (χ2v) is 7.35. The summed E-state index contributed by atoms with van der Waals surface area (Å²) in [7, 11) is 0. The average molecular weight is 442 g/mol. The molecule has 0 aliphatic carbocycles. The number of hydrogen-bond acceptors (Lipinski definition) is 5. The van der Waals surface area contributed by atoms with Crippen LogP contribution in [0.4, 0.5) is 4.39 Å². The van der Waals surface area contributed by atoms with Crippen molar-refractivity contribution in [2.75, 3.05) is 12.0 Å². The van der Waals surface area contributed by atoms with Crippen LogP contribution in [0, 0.1) is 5.82 Å². The Labute approximate surface area is 185 Å². The fourth-order valence-electron chi connectivity index (χ4n) is 3.75. The van der Waals surface area contributed by atoms with E-state index in [9.17, 15) is 23.6 Å². The van der Waals surface area contributed by atoms with Crippen molar-refractivity contribution in [2.45, 2.75) is 0 Å². The van der Waals surface area contributed by atoms with Crippen LogP contribution in [0.3, 0.4) is 0 Å². The first kappa shape index (κ1) is 20.3. The number of fused-ring (bicyclic) bond motifs is 2. The van der Waals surface area contributed by atoms with Gasteiger partial charge in [-0.2, -0.15) is 4.68 Å². The second kappa shape index (κ2) is 7.79. The summed E-state index contributed by atoms with van der Waals surface area (Å²) in [6.07, 6.45) is 0. The number of aromatic nitrogens is 2. The van der Waals surface area contributed by atoms with Crippen molar-refractivity contribution in [1.82, 2.24) is 14.6 Å². The molecule has 33 heavy (non-hydrogen) atoms. The van der Waals surface area contributed by atoms with Crippen molar-refractivity contribution in [2.24, 2.45) is 0 Å². The highest BCUT2D eigenvalue weighted by molar-refractivity contribution is 6.22. The molecule has 0 spiro atoms. The Hall–Kier alpha value is -4.66. The number of halogens is 1. The first-order valence-electron chi connectivity index (χ1n) is 9.97. The Kier molecular flexibility index (Phi) is 4.78. The monoisotopic (exact) mass is 442 g/mol. The van der Waals surface area contributed by atoms with E-state index in [0.29, 0.717) is 5.52 Å². The molecule has 1 aliphatic rings. The molecule has 3 aromatic carbocycles. The van der Waals surface area contributed by atoms with Gasteiger partial charge in [-0.05, 0) is 36.4 Å². The highest BCUT2D eigenvalue weighted by Crippen LogP contribution is 2.23. The number of nitrogens with zero attached hydrogens (tertiary/aromatic N) is 3. The number of carbonyl (C=O) groups excluding carboxylic acids is 3. The molecule has 8 nitrogen and oxygen atoms in total. The molecule has 5 rings (SSSR count). The zero-order valence-electron chi connectivity index (χ0n) is 17.0. The van der Waals surface area contributed by atoms with Crippen molar-refractivity contribution in [3.63, 3.8) is 0 Å². The van der Waals surface area contributed by atoms with Crippen LogP contribution in [0.5, 0.6) is 0 Å². The highest BCUT2D eigenvalue weighted by Gasteiger charge is 2.36. The smallest absolute Gasteiger partial charge is 0.271 e. The van der Waals surface area contributed by atoms with Crippen LogP contribution in [0.1, 0.15) is 20.7 Å². The number of hydrogen-bond donors (Lipinski definition) is 1. The van der Waals surface area contributed by atoms with E-state index in [2.05, 4.69) is 10.4 Å². The third-order valence-corrected chi connectivity index (χ3v) is 5.31. The molecular formula is C24H15FN4O4. The molecule has 0 radical (unpaired) electrons. The van der Waals surface area contributed by atoms with E-state index in [4.69, 9.17) is 0 Å². The summed E-state index contributed by atoms with van der Waals surface area (Å²) in [5.74, 6) is -2.79. The minimum Gasteiger partial charge on any atom is -0.271 e. The van der Waals surface area contributed by atoms with Gasteiger partial charge in [0.15, 0.2) is 5.82 Å². The predicted molar refractivity (Wildman–Crippen MR) is 118 cm³/mol. The maximum Gasteiger partial charge on any atom is 0.280 e. The lowest BCUT2D eigenvalue weighted by molar-refractivity contribution is -0.117. The molecule has 1 aliphatic heterocycles. The van der Waals surface area contributed by atoms with Gasteiger partial charge >= 0.3 is 0 Å².